The third kappa shape index (κ3) is 4.12. The molecule has 0 spiro atoms. The van der Waals surface area contributed by atoms with Crippen LogP contribution in [0.2, 0.25) is 0 Å². The standard InChI is InChI=1S/C13H26N2/c1-2-5-13(6-3-1)7-4-10-15-11-8-14-9-12-15/h13-14H,1-12H2. The number of hydrogen-bond donors (Lipinski definition) is 1. The van der Waals surface area contributed by atoms with Crippen LogP contribution in [-0.2, 0) is 0 Å². The maximum absolute atomic E-state index is 3.41. The van der Waals surface area contributed by atoms with Gasteiger partial charge in [-0.3, -0.25) is 0 Å². The lowest BCUT2D eigenvalue weighted by molar-refractivity contribution is 0.224. The molecule has 88 valence electrons. The van der Waals surface area contributed by atoms with Crippen LogP contribution >= 0.6 is 0 Å². The monoisotopic (exact) mass is 210 g/mol. The lowest BCUT2D eigenvalue weighted by Gasteiger charge is -2.28. The first-order valence-corrected chi connectivity index (χ1v) is 6.88. The van der Waals surface area contributed by atoms with E-state index in [2.05, 4.69) is 10.2 Å². The average Bonchev–Trinajstić information content (AvgIpc) is 2.32. The predicted octanol–water partition coefficient (Wildman–Crippen LogP) is 2.25. The minimum Gasteiger partial charge on any atom is -0.314 e. The van der Waals surface area contributed by atoms with Crippen LogP contribution in [0.4, 0.5) is 0 Å². The molecule has 0 aromatic heterocycles. The molecule has 2 aliphatic rings. The summed E-state index contributed by atoms with van der Waals surface area (Å²) >= 11 is 0. The molecule has 0 aromatic carbocycles. The Bertz CT molecular complexity index is 140. The average molecular weight is 210 g/mol. The van der Waals surface area contributed by atoms with Gasteiger partial charge in [-0.05, 0) is 25.3 Å². The van der Waals surface area contributed by atoms with Crippen molar-refractivity contribution in [1.29, 1.82) is 0 Å². The fraction of sp³-hybridized carbons (Fsp3) is 1.00. The quantitative estimate of drug-likeness (QED) is 0.765. The Hall–Kier alpha value is -0.0800. The van der Waals surface area contributed by atoms with E-state index in [4.69, 9.17) is 0 Å². The number of piperazine rings is 1. The topological polar surface area (TPSA) is 15.3 Å². The van der Waals surface area contributed by atoms with Crippen molar-refractivity contribution in [3.05, 3.63) is 0 Å². The van der Waals surface area contributed by atoms with Crippen LogP contribution in [0, 0.1) is 5.92 Å². The van der Waals surface area contributed by atoms with Crippen molar-refractivity contribution < 1.29 is 0 Å². The Morgan fingerprint density at radius 2 is 1.73 bits per heavy atom. The van der Waals surface area contributed by atoms with Crippen LogP contribution in [0.15, 0.2) is 0 Å². The van der Waals surface area contributed by atoms with Gasteiger partial charge in [-0.2, -0.15) is 0 Å². The van der Waals surface area contributed by atoms with E-state index >= 15 is 0 Å². The molecule has 1 N–H and O–H groups in total. The minimum absolute atomic E-state index is 1.07. The summed E-state index contributed by atoms with van der Waals surface area (Å²) in [5.74, 6) is 1.07. The molecule has 1 saturated carbocycles. The zero-order valence-corrected chi connectivity index (χ0v) is 10.0. The molecule has 0 aromatic rings. The van der Waals surface area contributed by atoms with Gasteiger partial charge in [0.25, 0.3) is 0 Å². The highest BCUT2D eigenvalue weighted by molar-refractivity contribution is 4.70. The summed E-state index contributed by atoms with van der Waals surface area (Å²) in [6, 6.07) is 0. The molecule has 1 heterocycles. The largest absolute Gasteiger partial charge is 0.314 e. The zero-order chi connectivity index (χ0) is 10.3. The van der Waals surface area contributed by atoms with Crippen molar-refractivity contribution in [2.24, 2.45) is 5.92 Å². The highest BCUT2D eigenvalue weighted by Crippen LogP contribution is 2.27. The molecular weight excluding hydrogens is 184 g/mol. The number of hydrogen-bond acceptors (Lipinski definition) is 2. The molecule has 1 aliphatic heterocycles. The molecule has 0 radical (unpaired) electrons. The third-order valence-corrected chi connectivity index (χ3v) is 4.02. The van der Waals surface area contributed by atoms with Crippen LogP contribution in [0.5, 0.6) is 0 Å². The van der Waals surface area contributed by atoms with Crippen molar-refractivity contribution in [1.82, 2.24) is 10.2 Å². The molecule has 0 unspecified atom stereocenters. The van der Waals surface area contributed by atoms with Crippen LogP contribution in [0.3, 0.4) is 0 Å². The molecule has 2 rings (SSSR count). The first kappa shape index (κ1) is 11.4. The Morgan fingerprint density at radius 1 is 1.00 bits per heavy atom. The second-order valence-electron chi connectivity index (χ2n) is 5.24. The molecular formula is C13H26N2. The summed E-state index contributed by atoms with van der Waals surface area (Å²) in [6.07, 6.45) is 10.4. The van der Waals surface area contributed by atoms with Gasteiger partial charge in [0, 0.05) is 26.2 Å². The van der Waals surface area contributed by atoms with Gasteiger partial charge in [-0.1, -0.05) is 32.1 Å². The van der Waals surface area contributed by atoms with Crippen LogP contribution < -0.4 is 5.32 Å². The molecule has 1 saturated heterocycles. The molecule has 2 nitrogen and oxygen atoms in total. The van der Waals surface area contributed by atoms with Gasteiger partial charge in [0.05, 0.1) is 0 Å². The summed E-state index contributed by atoms with van der Waals surface area (Å²) in [6.45, 7) is 6.28. The summed E-state index contributed by atoms with van der Waals surface area (Å²) in [5.41, 5.74) is 0. The second kappa shape index (κ2) is 6.49. The van der Waals surface area contributed by atoms with E-state index in [0.717, 1.165) is 5.92 Å². The highest BCUT2D eigenvalue weighted by atomic mass is 15.2. The molecule has 1 aliphatic carbocycles. The van der Waals surface area contributed by atoms with Gasteiger partial charge in [0.2, 0.25) is 0 Å². The van der Waals surface area contributed by atoms with E-state index in [1.165, 1.54) is 77.7 Å². The van der Waals surface area contributed by atoms with Crippen molar-refractivity contribution in [2.75, 3.05) is 32.7 Å². The summed E-state index contributed by atoms with van der Waals surface area (Å²) in [4.78, 5) is 2.62. The van der Waals surface area contributed by atoms with Gasteiger partial charge >= 0.3 is 0 Å². The molecule has 0 atom stereocenters. The van der Waals surface area contributed by atoms with E-state index in [1.54, 1.807) is 0 Å². The van der Waals surface area contributed by atoms with Crippen molar-refractivity contribution in [3.63, 3.8) is 0 Å². The van der Waals surface area contributed by atoms with Crippen LogP contribution in [-0.4, -0.2) is 37.6 Å². The number of nitrogens with zero attached hydrogens (tertiary/aromatic N) is 1. The summed E-state index contributed by atoms with van der Waals surface area (Å²) in [7, 11) is 0. The lowest BCUT2D eigenvalue weighted by Crippen LogP contribution is -2.43. The summed E-state index contributed by atoms with van der Waals surface area (Å²) < 4.78 is 0. The first-order chi connectivity index (χ1) is 7.45. The molecule has 0 amide bonds. The van der Waals surface area contributed by atoms with Crippen molar-refractivity contribution in [3.8, 4) is 0 Å². The lowest BCUT2D eigenvalue weighted by atomic mass is 9.86. The SMILES string of the molecule is C1CCC(CCCN2CCNCC2)CC1. The smallest absolute Gasteiger partial charge is 0.0107 e. The Labute approximate surface area is 94.4 Å². The van der Waals surface area contributed by atoms with Gasteiger partial charge < -0.3 is 10.2 Å². The Balaban J connectivity index is 1.53. The third-order valence-electron chi connectivity index (χ3n) is 4.02. The van der Waals surface area contributed by atoms with Gasteiger partial charge in [-0.25, -0.2) is 0 Å². The minimum atomic E-state index is 1.07. The maximum Gasteiger partial charge on any atom is 0.0107 e. The van der Waals surface area contributed by atoms with Crippen LogP contribution in [0.1, 0.15) is 44.9 Å². The van der Waals surface area contributed by atoms with Gasteiger partial charge in [-0.15, -0.1) is 0 Å². The number of rotatable bonds is 4. The Morgan fingerprint density at radius 3 is 2.47 bits per heavy atom. The number of nitrogens with one attached hydrogen (secondary N) is 1. The molecule has 15 heavy (non-hydrogen) atoms. The molecule has 2 fully saturated rings. The van der Waals surface area contributed by atoms with Crippen molar-refractivity contribution >= 4 is 0 Å². The first-order valence-electron chi connectivity index (χ1n) is 6.88. The fourth-order valence-corrected chi connectivity index (χ4v) is 3.01. The normalized spacial score (nSPS) is 25.6. The van der Waals surface area contributed by atoms with Gasteiger partial charge in [0.1, 0.15) is 0 Å². The second-order valence-corrected chi connectivity index (χ2v) is 5.24. The van der Waals surface area contributed by atoms with E-state index in [0.29, 0.717) is 0 Å². The van der Waals surface area contributed by atoms with Crippen LogP contribution in [0.25, 0.3) is 0 Å². The molecule has 0 bridgehead atoms. The highest BCUT2D eigenvalue weighted by Gasteiger charge is 2.14. The fourth-order valence-electron chi connectivity index (χ4n) is 3.01. The van der Waals surface area contributed by atoms with Gasteiger partial charge in [0.15, 0.2) is 0 Å². The predicted molar refractivity (Wildman–Crippen MR) is 65.1 cm³/mol. The van der Waals surface area contributed by atoms with E-state index in [1.807, 2.05) is 0 Å². The Kier molecular flexibility index (Phi) is 4.94. The van der Waals surface area contributed by atoms with E-state index in [-0.39, 0.29) is 0 Å². The maximum atomic E-state index is 3.41. The zero-order valence-electron chi connectivity index (χ0n) is 10.0. The summed E-state index contributed by atoms with van der Waals surface area (Å²) in [5, 5.41) is 3.41. The molecule has 2 heteroatoms. The van der Waals surface area contributed by atoms with E-state index < -0.39 is 0 Å². The van der Waals surface area contributed by atoms with Crippen molar-refractivity contribution in [2.45, 2.75) is 44.9 Å². The van der Waals surface area contributed by atoms with E-state index in [9.17, 15) is 0 Å².